The molecule has 0 aliphatic heterocycles. The van der Waals surface area contributed by atoms with Crippen LogP contribution in [0.3, 0.4) is 0 Å². The Morgan fingerprint density at radius 2 is 1.04 bits per heavy atom. The minimum absolute atomic E-state index is 0.630. The van der Waals surface area contributed by atoms with E-state index < -0.39 is 0 Å². The Morgan fingerprint density at radius 3 is 1.48 bits per heavy atom. The van der Waals surface area contributed by atoms with Crippen LogP contribution in [0.15, 0.2) is 18.2 Å². The molecule has 3 nitrogen and oxygen atoms in total. The zero-order valence-electron chi connectivity index (χ0n) is 16.4. The lowest BCUT2D eigenvalue weighted by atomic mass is 10.0. The van der Waals surface area contributed by atoms with Crippen LogP contribution in [0.1, 0.15) is 96.8 Å². The van der Waals surface area contributed by atoms with E-state index >= 15 is 0 Å². The first-order valence-corrected chi connectivity index (χ1v) is 10.5. The van der Waals surface area contributed by atoms with Crippen molar-refractivity contribution >= 4 is 11.4 Å². The summed E-state index contributed by atoms with van der Waals surface area (Å²) in [5.41, 5.74) is 13.0. The molecule has 1 aromatic carbocycles. The highest BCUT2D eigenvalue weighted by molar-refractivity contribution is 5.66. The molecule has 0 fully saturated rings. The van der Waals surface area contributed by atoms with Gasteiger partial charge in [-0.3, -0.25) is 0 Å². The van der Waals surface area contributed by atoms with Crippen molar-refractivity contribution in [2.75, 3.05) is 18.1 Å². The van der Waals surface area contributed by atoms with Crippen LogP contribution in [0.5, 0.6) is 5.75 Å². The van der Waals surface area contributed by atoms with Crippen LogP contribution in [0.25, 0.3) is 0 Å². The number of ether oxygens (including phenoxy) is 1. The highest BCUT2D eigenvalue weighted by Crippen LogP contribution is 2.28. The summed E-state index contributed by atoms with van der Waals surface area (Å²) in [6, 6.07) is 5.51. The smallest absolute Gasteiger partial charge is 0.165 e. The van der Waals surface area contributed by atoms with E-state index in [0.29, 0.717) is 23.7 Å². The number of hydrogen-bond acceptors (Lipinski definition) is 3. The van der Waals surface area contributed by atoms with Crippen LogP contribution in [0, 0.1) is 0 Å². The van der Waals surface area contributed by atoms with Crippen molar-refractivity contribution in [3.8, 4) is 5.75 Å². The Morgan fingerprint density at radius 1 is 0.640 bits per heavy atom. The largest absolute Gasteiger partial charge is 0.489 e. The molecule has 0 amide bonds. The van der Waals surface area contributed by atoms with E-state index in [2.05, 4.69) is 6.92 Å². The van der Waals surface area contributed by atoms with Gasteiger partial charge in [-0.05, 0) is 18.6 Å². The van der Waals surface area contributed by atoms with E-state index in [1.807, 2.05) is 18.2 Å². The van der Waals surface area contributed by atoms with Crippen molar-refractivity contribution < 1.29 is 4.74 Å². The van der Waals surface area contributed by atoms with Crippen LogP contribution >= 0.6 is 0 Å². The second-order valence-corrected chi connectivity index (χ2v) is 7.21. The van der Waals surface area contributed by atoms with Gasteiger partial charge in [0.15, 0.2) is 5.75 Å². The summed E-state index contributed by atoms with van der Waals surface area (Å²) >= 11 is 0. The molecule has 0 heterocycles. The van der Waals surface area contributed by atoms with Crippen LogP contribution < -0.4 is 16.2 Å². The first kappa shape index (κ1) is 21.7. The van der Waals surface area contributed by atoms with Crippen molar-refractivity contribution in [2.45, 2.75) is 96.8 Å². The molecule has 3 heteroatoms. The molecule has 0 aliphatic carbocycles. The van der Waals surface area contributed by atoms with Gasteiger partial charge in [0, 0.05) is 0 Å². The number of anilines is 2. The first-order chi connectivity index (χ1) is 12.3. The maximum absolute atomic E-state index is 5.88. The zero-order chi connectivity index (χ0) is 18.2. The molecule has 0 unspecified atom stereocenters. The Balaban J connectivity index is 1.83. The third kappa shape index (κ3) is 11.0. The van der Waals surface area contributed by atoms with E-state index in [1.165, 1.54) is 83.5 Å². The zero-order valence-corrected chi connectivity index (χ0v) is 16.4. The number of unbranched alkanes of at least 4 members (excludes halogenated alkanes) is 13. The fourth-order valence-electron chi connectivity index (χ4n) is 3.21. The number of benzene rings is 1. The van der Waals surface area contributed by atoms with Gasteiger partial charge in [-0.1, -0.05) is 96.5 Å². The van der Waals surface area contributed by atoms with Gasteiger partial charge in [0.25, 0.3) is 0 Å². The maximum atomic E-state index is 5.88. The molecule has 0 spiro atoms. The molecular formula is C22H40N2O. The van der Waals surface area contributed by atoms with Crippen LogP contribution in [0.2, 0.25) is 0 Å². The molecule has 144 valence electrons. The van der Waals surface area contributed by atoms with Crippen LogP contribution in [-0.4, -0.2) is 6.61 Å². The number of nitrogens with two attached hydrogens (primary N) is 2. The topological polar surface area (TPSA) is 61.3 Å². The van der Waals surface area contributed by atoms with E-state index in [1.54, 1.807) is 0 Å². The predicted molar refractivity (Wildman–Crippen MR) is 111 cm³/mol. The highest BCUT2D eigenvalue weighted by Gasteiger charge is 2.03. The van der Waals surface area contributed by atoms with Crippen molar-refractivity contribution in [1.82, 2.24) is 0 Å². The number of hydrogen-bond donors (Lipinski definition) is 2. The molecule has 0 aromatic heterocycles. The molecule has 0 atom stereocenters. The Kier molecular flexibility index (Phi) is 12.9. The Bertz CT molecular complexity index is 414. The van der Waals surface area contributed by atoms with Gasteiger partial charge < -0.3 is 16.2 Å². The summed E-state index contributed by atoms with van der Waals surface area (Å²) in [6.45, 7) is 2.98. The van der Waals surface area contributed by atoms with Gasteiger partial charge in [0.1, 0.15) is 0 Å². The second kappa shape index (κ2) is 14.9. The van der Waals surface area contributed by atoms with Crippen molar-refractivity contribution in [3.05, 3.63) is 18.2 Å². The second-order valence-electron chi connectivity index (χ2n) is 7.21. The summed E-state index contributed by atoms with van der Waals surface area (Å²) < 4.78 is 5.72. The van der Waals surface area contributed by atoms with Crippen molar-refractivity contribution in [2.24, 2.45) is 0 Å². The Labute approximate surface area is 155 Å². The summed E-state index contributed by atoms with van der Waals surface area (Å²) in [7, 11) is 0. The van der Waals surface area contributed by atoms with E-state index in [4.69, 9.17) is 16.2 Å². The molecule has 4 N–H and O–H groups in total. The fraction of sp³-hybridized carbons (Fsp3) is 0.727. The maximum Gasteiger partial charge on any atom is 0.165 e. The fourth-order valence-corrected chi connectivity index (χ4v) is 3.21. The highest BCUT2D eigenvalue weighted by atomic mass is 16.5. The molecule has 0 aliphatic rings. The van der Waals surface area contributed by atoms with Gasteiger partial charge >= 0.3 is 0 Å². The molecular weight excluding hydrogens is 308 g/mol. The molecule has 25 heavy (non-hydrogen) atoms. The molecule has 1 rings (SSSR count). The molecule has 0 saturated carbocycles. The van der Waals surface area contributed by atoms with E-state index in [0.717, 1.165) is 6.42 Å². The number of nitrogen functional groups attached to an aromatic ring is 2. The van der Waals surface area contributed by atoms with Crippen LogP contribution in [-0.2, 0) is 0 Å². The molecule has 0 bridgehead atoms. The minimum Gasteiger partial charge on any atom is -0.489 e. The van der Waals surface area contributed by atoms with E-state index in [9.17, 15) is 0 Å². The third-order valence-electron chi connectivity index (χ3n) is 4.82. The first-order valence-electron chi connectivity index (χ1n) is 10.5. The minimum atomic E-state index is 0.630. The third-order valence-corrected chi connectivity index (χ3v) is 4.82. The lowest BCUT2D eigenvalue weighted by molar-refractivity contribution is 0.307. The summed E-state index contributed by atoms with van der Waals surface area (Å²) in [4.78, 5) is 0. The molecule has 0 radical (unpaired) electrons. The van der Waals surface area contributed by atoms with Gasteiger partial charge in [0.2, 0.25) is 0 Å². The quantitative estimate of drug-likeness (QED) is 0.258. The summed E-state index contributed by atoms with van der Waals surface area (Å²) in [6.07, 6.45) is 19.1. The normalized spacial score (nSPS) is 10.9. The van der Waals surface area contributed by atoms with Gasteiger partial charge in [0.05, 0.1) is 18.0 Å². The van der Waals surface area contributed by atoms with Gasteiger partial charge in [-0.2, -0.15) is 0 Å². The molecule has 1 aromatic rings. The van der Waals surface area contributed by atoms with Gasteiger partial charge in [-0.25, -0.2) is 0 Å². The van der Waals surface area contributed by atoms with Crippen molar-refractivity contribution in [1.29, 1.82) is 0 Å². The SMILES string of the molecule is CCCCCCCCCCCCCCCCOc1c(N)cccc1N. The lowest BCUT2D eigenvalue weighted by Crippen LogP contribution is -2.03. The predicted octanol–water partition coefficient (Wildman–Crippen LogP) is 6.71. The van der Waals surface area contributed by atoms with Crippen LogP contribution in [0.4, 0.5) is 11.4 Å². The Hall–Kier alpha value is -1.38. The lowest BCUT2D eigenvalue weighted by Gasteiger charge is -2.11. The average Bonchev–Trinajstić information content (AvgIpc) is 2.60. The standard InChI is InChI=1S/C22H40N2O/c1-2-3-4-5-6-7-8-9-10-11-12-13-14-15-19-25-22-20(23)17-16-18-21(22)24/h16-18H,2-15,19,23-24H2,1H3. The van der Waals surface area contributed by atoms with E-state index in [-0.39, 0.29) is 0 Å². The summed E-state index contributed by atoms with van der Waals surface area (Å²) in [5.74, 6) is 0.650. The van der Waals surface area contributed by atoms with Crippen molar-refractivity contribution in [3.63, 3.8) is 0 Å². The number of para-hydroxylation sites is 1. The summed E-state index contributed by atoms with van der Waals surface area (Å²) in [5, 5.41) is 0. The monoisotopic (exact) mass is 348 g/mol. The van der Waals surface area contributed by atoms with Gasteiger partial charge in [-0.15, -0.1) is 0 Å². The molecule has 0 saturated heterocycles. The average molecular weight is 349 g/mol. The number of rotatable bonds is 16.